The van der Waals surface area contributed by atoms with Crippen LogP contribution in [0.25, 0.3) is 0 Å². The maximum atomic E-state index is 14.0. The Morgan fingerprint density at radius 2 is 1.71 bits per heavy atom. The molecule has 0 aliphatic heterocycles. The molecule has 3 rings (SSSR count). The van der Waals surface area contributed by atoms with Gasteiger partial charge in [0.25, 0.3) is 0 Å². The van der Waals surface area contributed by atoms with Gasteiger partial charge in [-0.1, -0.05) is 51.5 Å². The standard InChI is InChI=1S/C23H31O4P/c1-17(2)22-14-13-18(3)15-23(22)27-28(24,21-11-6-5-7-12-21)26-20-10-8-9-19(16-20)25-4/h5-12,16-18,22-23H,13-15H2,1-4H3/t18-,22+,23-,28?/m1/s1. The van der Waals surface area contributed by atoms with E-state index in [4.69, 9.17) is 13.8 Å². The van der Waals surface area contributed by atoms with Crippen molar-refractivity contribution in [2.24, 2.45) is 17.8 Å². The second-order valence-corrected chi connectivity index (χ2v) is 9.98. The van der Waals surface area contributed by atoms with Crippen LogP contribution >= 0.6 is 7.60 Å². The van der Waals surface area contributed by atoms with E-state index in [-0.39, 0.29) is 6.10 Å². The lowest BCUT2D eigenvalue weighted by molar-refractivity contribution is 0.0414. The molecule has 5 heteroatoms. The van der Waals surface area contributed by atoms with Gasteiger partial charge in [0.15, 0.2) is 0 Å². The first-order chi connectivity index (χ1) is 13.4. The normalized spacial score (nSPS) is 24.5. The molecule has 0 N–H and O–H groups in total. The Morgan fingerprint density at radius 1 is 1.00 bits per heavy atom. The van der Waals surface area contributed by atoms with Crippen LogP contribution < -0.4 is 14.6 Å². The smallest absolute Gasteiger partial charge is 0.411 e. The summed E-state index contributed by atoms with van der Waals surface area (Å²) < 4.78 is 31.7. The molecule has 0 heterocycles. The van der Waals surface area contributed by atoms with Crippen molar-refractivity contribution in [2.75, 3.05) is 7.11 Å². The van der Waals surface area contributed by atoms with Gasteiger partial charge in [-0.3, -0.25) is 4.52 Å². The lowest BCUT2D eigenvalue weighted by atomic mass is 9.75. The summed E-state index contributed by atoms with van der Waals surface area (Å²) in [5.41, 5.74) is 0. The summed E-state index contributed by atoms with van der Waals surface area (Å²) in [6.45, 7) is 6.67. The van der Waals surface area contributed by atoms with Crippen LogP contribution in [0.3, 0.4) is 0 Å². The summed E-state index contributed by atoms with van der Waals surface area (Å²) in [7, 11) is -1.95. The topological polar surface area (TPSA) is 44.8 Å². The first kappa shape index (κ1) is 21.0. The first-order valence-corrected chi connectivity index (χ1v) is 11.6. The maximum absolute atomic E-state index is 14.0. The average molecular weight is 402 g/mol. The van der Waals surface area contributed by atoms with Crippen molar-refractivity contribution in [1.29, 1.82) is 0 Å². The Hall–Kier alpha value is -1.77. The van der Waals surface area contributed by atoms with Crippen molar-refractivity contribution in [3.05, 3.63) is 54.6 Å². The molecule has 4 atom stereocenters. The van der Waals surface area contributed by atoms with Crippen LogP contribution in [-0.4, -0.2) is 13.2 Å². The van der Waals surface area contributed by atoms with E-state index < -0.39 is 7.60 Å². The Balaban J connectivity index is 1.93. The summed E-state index contributed by atoms with van der Waals surface area (Å²) in [5.74, 6) is 2.54. The van der Waals surface area contributed by atoms with Gasteiger partial charge in [0, 0.05) is 6.07 Å². The third kappa shape index (κ3) is 4.98. The number of ether oxygens (including phenoxy) is 1. The number of methoxy groups -OCH3 is 1. The van der Waals surface area contributed by atoms with Crippen molar-refractivity contribution in [2.45, 2.75) is 46.1 Å². The van der Waals surface area contributed by atoms with E-state index >= 15 is 0 Å². The fourth-order valence-electron chi connectivity index (χ4n) is 3.96. The number of rotatable bonds is 7. The molecule has 1 aliphatic rings. The van der Waals surface area contributed by atoms with Gasteiger partial charge >= 0.3 is 7.60 Å². The van der Waals surface area contributed by atoms with Gasteiger partial charge in [-0.15, -0.1) is 0 Å². The van der Waals surface area contributed by atoms with Crippen molar-refractivity contribution < 1.29 is 18.3 Å². The minimum absolute atomic E-state index is 0.0830. The van der Waals surface area contributed by atoms with Gasteiger partial charge < -0.3 is 9.26 Å². The van der Waals surface area contributed by atoms with Crippen LogP contribution in [0.1, 0.15) is 40.0 Å². The SMILES string of the molecule is COc1cccc(OP(=O)(O[C@@H]2C[C@H](C)CC[C@H]2C(C)C)c2ccccc2)c1. The minimum atomic E-state index is -3.55. The van der Waals surface area contributed by atoms with Crippen molar-refractivity contribution >= 4 is 12.9 Å². The molecule has 1 aliphatic carbocycles. The van der Waals surface area contributed by atoms with E-state index in [9.17, 15) is 4.57 Å². The predicted octanol–water partition coefficient (Wildman–Crippen LogP) is 6.07. The quantitative estimate of drug-likeness (QED) is 0.527. The Kier molecular flexibility index (Phi) is 6.85. The van der Waals surface area contributed by atoms with Crippen LogP contribution in [0.4, 0.5) is 0 Å². The molecular weight excluding hydrogens is 371 g/mol. The second-order valence-electron chi connectivity index (χ2n) is 8.07. The van der Waals surface area contributed by atoms with Crippen LogP contribution in [0.2, 0.25) is 0 Å². The monoisotopic (exact) mass is 402 g/mol. The fraction of sp³-hybridized carbons (Fsp3) is 0.478. The van der Waals surface area contributed by atoms with Gasteiger partial charge in [-0.2, -0.15) is 0 Å². The fourth-order valence-corrected chi connectivity index (χ4v) is 5.75. The lowest BCUT2D eigenvalue weighted by Crippen LogP contribution is -2.35. The van der Waals surface area contributed by atoms with Gasteiger partial charge in [0.05, 0.1) is 18.5 Å². The second kappa shape index (κ2) is 9.15. The maximum Gasteiger partial charge on any atom is 0.411 e. The summed E-state index contributed by atoms with van der Waals surface area (Å²) >= 11 is 0. The van der Waals surface area contributed by atoms with Crippen molar-refractivity contribution in [3.63, 3.8) is 0 Å². The largest absolute Gasteiger partial charge is 0.497 e. The highest BCUT2D eigenvalue weighted by atomic mass is 31.2. The lowest BCUT2D eigenvalue weighted by Gasteiger charge is -2.38. The van der Waals surface area contributed by atoms with Crippen molar-refractivity contribution in [1.82, 2.24) is 0 Å². The highest BCUT2D eigenvalue weighted by molar-refractivity contribution is 7.62. The molecule has 0 spiro atoms. The van der Waals surface area contributed by atoms with E-state index in [1.165, 1.54) is 6.42 Å². The molecule has 0 radical (unpaired) electrons. The Bertz CT molecular complexity index is 805. The van der Waals surface area contributed by atoms with Crippen LogP contribution in [0.5, 0.6) is 11.5 Å². The molecule has 28 heavy (non-hydrogen) atoms. The number of hydrogen-bond acceptors (Lipinski definition) is 4. The van der Waals surface area contributed by atoms with E-state index in [1.54, 1.807) is 19.2 Å². The zero-order valence-corrected chi connectivity index (χ0v) is 18.1. The number of hydrogen-bond donors (Lipinski definition) is 0. The van der Waals surface area contributed by atoms with Gasteiger partial charge in [0.2, 0.25) is 0 Å². The highest BCUT2D eigenvalue weighted by Crippen LogP contribution is 2.52. The summed E-state index contributed by atoms with van der Waals surface area (Å²) in [5, 5.41) is 0.582. The molecule has 0 saturated heterocycles. The molecule has 1 fully saturated rings. The highest BCUT2D eigenvalue weighted by Gasteiger charge is 2.39. The molecule has 0 amide bonds. The Morgan fingerprint density at radius 3 is 2.39 bits per heavy atom. The average Bonchev–Trinajstić information content (AvgIpc) is 2.68. The molecule has 1 saturated carbocycles. The van der Waals surface area contributed by atoms with Crippen LogP contribution in [0.15, 0.2) is 54.6 Å². The predicted molar refractivity (Wildman–Crippen MR) is 114 cm³/mol. The minimum Gasteiger partial charge on any atom is -0.497 e. The summed E-state index contributed by atoms with van der Waals surface area (Å²) in [4.78, 5) is 0. The molecular formula is C23H31O4P. The van der Waals surface area contributed by atoms with Gasteiger partial charge in [-0.25, -0.2) is 4.57 Å². The summed E-state index contributed by atoms with van der Waals surface area (Å²) in [6.07, 6.45) is 3.11. The van der Waals surface area contributed by atoms with E-state index in [0.717, 1.165) is 12.8 Å². The van der Waals surface area contributed by atoms with Crippen LogP contribution in [-0.2, 0) is 9.09 Å². The van der Waals surface area contributed by atoms with Gasteiger partial charge in [0.1, 0.15) is 11.5 Å². The first-order valence-electron chi connectivity index (χ1n) is 10.1. The van der Waals surface area contributed by atoms with Crippen molar-refractivity contribution in [3.8, 4) is 11.5 Å². The zero-order valence-electron chi connectivity index (χ0n) is 17.2. The third-order valence-corrected chi connectivity index (χ3v) is 7.50. The molecule has 1 unspecified atom stereocenters. The van der Waals surface area contributed by atoms with E-state index in [0.29, 0.717) is 34.6 Å². The molecule has 2 aromatic rings. The van der Waals surface area contributed by atoms with E-state index in [2.05, 4.69) is 20.8 Å². The third-order valence-electron chi connectivity index (χ3n) is 5.57. The Labute approximate surface area is 168 Å². The molecule has 0 bridgehead atoms. The van der Waals surface area contributed by atoms with E-state index in [1.807, 2.05) is 42.5 Å². The number of benzene rings is 2. The molecule has 0 aromatic heterocycles. The van der Waals surface area contributed by atoms with Crippen LogP contribution in [0, 0.1) is 17.8 Å². The zero-order chi connectivity index (χ0) is 20.1. The van der Waals surface area contributed by atoms with Gasteiger partial charge in [-0.05, 0) is 54.9 Å². The summed E-state index contributed by atoms with van der Waals surface area (Å²) in [6, 6.07) is 16.4. The molecule has 2 aromatic carbocycles. The molecule has 4 nitrogen and oxygen atoms in total. The molecule has 152 valence electrons.